The Kier molecular flexibility index (Phi) is 2.76. The van der Waals surface area contributed by atoms with E-state index in [4.69, 9.17) is 5.11 Å². The third-order valence-corrected chi connectivity index (χ3v) is 2.24. The molecule has 1 aliphatic rings. The van der Waals surface area contributed by atoms with Crippen LogP contribution in [0.3, 0.4) is 0 Å². The van der Waals surface area contributed by atoms with Gasteiger partial charge in [0, 0.05) is 11.0 Å². The van der Waals surface area contributed by atoms with Crippen LogP contribution in [0, 0.1) is 10.1 Å². The molecular formula is C8H6F3NO4. The summed E-state index contributed by atoms with van der Waals surface area (Å²) in [5.41, 5.74) is -3.60. The van der Waals surface area contributed by atoms with Gasteiger partial charge in [-0.15, -0.1) is 0 Å². The van der Waals surface area contributed by atoms with Crippen molar-refractivity contribution in [3.05, 3.63) is 33.9 Å². The van der Waals surface area contributed by atoms with Gasteiger partial charge in [-0.1, -0.05) is 6.08 Å². The molecule has 0 bridgehead atoms. The van der Waals surface area contributed by atoms with E-state index < -0.39 is 29.0 Å². The number of hydrogen-bond donors (Lipinski definition) is 1. The fourth-order valence-electron chi connectivity index (χ4n) is 1.24. The number of alkyl halides is 3. The molecule has 0 spiro atoms. The molecule has 88 valence electrons. The number of aliphatic carboxylic acids is 1. The number of hydrogen-bond acceptors (Lipinski definition) is 3. The highest BCUT2D eigenvalue weighted by atomic mass is 19.4. The van der Waals surface area contributed by atoms with Gasteiger partial charge in [-0.25, -0.2) is 4.79 Å². The molecule has 5 nitrogen and oxygen atoms in total. The number of carboxylic acids is 1. The topological polar surface area (TPSA) is 80.4 Å². The summed E-state index contributed by atoms with van der Waals surface area (Å²) < 4.78 is 37.5. The molecule has 1 aliphatic carbocycles. The summed E-state index contributed by atoms with van der Waals surface area (Å²) in [6, 6.07) is 0. The van der Waals surface area contributed by atoms with E-state index in [2.05, 4.69) is 0 Å². The van der Waals surface area contributed by atoms with Crippen LogP contribution in [0.4, 0.5) is 13.2 Å². The largest absolute Gasteiger partial charge is 0.478 e. The van der Waals surface area contributed by atoms with Crippen molar-refractivity contribution in [2.75, 3.05) is 0 Å². The van der Waals surface area contributed by atoms with E-state index in [1.165, 1.54) is 0 Å². The number of rotatable bonds is 2. The van der Waals surface area contributed by atoms with Gasteiger partial charge in [0.2, 0.25) is 0 Å². The normalized spacial score (nSPS) is 25.1. The van der Waals surface area contributed by atoms with Gasteiger partial charge in [0.25, 0.3) is 0 Å². The lowest BCUT2D eigenvalue weighted by molar-refractivity contribution is -0.596. The lowest BCUT2D eigenvalue weighted by atomic mass is 9.88. The van der Waals surface area contributed by atoms with Gasteiger partial charge < -0.3 is 5.11 Å². The molecule has 16 heavy (non-hydrogen) atoms. The van der Waals surface area contributed by atoms with Crippen LogP contribution in [-0.2, 0) is 4.79 Å². The van der Waals surface area contributed by atoms with Crippen molar-refractivity contribution in [2.45, 2.75) is 18.1 Å². The predicted octanol–water partition coefficient (Wildman–Crippen LogP) is 1.54. The minimum atomic E-state index is -5.06. The zero-order chi connectivity index (χ0) is 12.6. The van der Waals surface area contributed by atoms with Gasteiger partial charge in [0.05, 0.1) is 12.0 Å². The van der Waals surface area contributed by atoms with Gasteiger partial charge in [-0.05, 0) is 6.08 Å². The van der Waals surface area contributed by atoms with E-state index in [9.17, 15) is 28.1 Å². The third-order valence-electron chi connectivity index (χ3n) is 2.24. The lowest BCUT2D eigenvalue weighted by Gasteiger charge is -2.25. The van der Waals surface area contributed by atoms with Gasteiger partial charge in [0.1, 0.15) is 0 Å². The van der Waals surface area contributed by atoms with Crippen LogP contribution in [0.2, 0.25) is 0 Å². The van der Waals surface area contributed by atoms with Crippen molar-refractivity contribution in [3.63, 3.8) is 0 Å². The summed E-state index contributed by atoms with van der Waals surface area (Å²) in [6.45, 7) is 0. The van der Waals surface area contributed by atoms with Crippen molar-refractivity contribution in [1.82, 2.24) is 0 Å². The zero-order valence-electron chi connectivity index (χ0n) is 7.69. The van der Waals surface area contributed by atoms with Gasteiger partial charge >= 0.3 is 17.7 Å². The fraction of sp³-hybridized carbons (Fsp3) is 0.375. The van der Waals surface area contributed by atoms with Crippen LogP contribution < -0.4 is 0 Å². The van der Waals surface area contributed by atoms with Crippen LogP contribution in [0.25, 0.3) is 0 Å². The summed E-state index contributed by atoms with van der Waals surface area (Å²) in [6.07, 6.45) is -4.51. The second-order valence-electron chi connectivity index (χ2n) is 3.18. The van der Waals surface area contributed by atoms with Crippen molar-refractivity contribution in [1.29, 1.82) is 0 Å². The van der Waals surface area contributed by atoms with Crippen LogP contribution in [0.5, 0.6) is 0 Å². The molecule has 0 saturated carbocycles. The highest BCUT2D eigenvalue weighted by Gasteiger charge is 2.64. The first kappa shape index (κ1) is 12.2. The van der Waals surface area contributed by atoms with E-state index in [-0.39, 0.29) is 11.6 Å². The first-order valence-corrected chi connectivity index (χ1v) is 4.04. The molecule has 0 fully saturated rings. The summed E-state index contributed by atoms with van der Waals surface area (Å²) in [4.78, 5) is 19.4. The molecule has 0 amide bonds. The molecule has 1 unspecified atom stereocenters. The standard InChI is InChI=1S/C8H6F3NO4/c9-8(10,11)7(12(15)16)3-1-5(2-4-7)6(13)14/h1-3H,4H2,(H,13,14). The van der Waals surface area contributed by atoms with Crippen molar-refractivity contribution < 1.29 is 28.0 Å². The molecule has 0 aromatic heterocycles. The number of halogens is 3. The second-order valence-corrected chi connectivity index (χ2v) is 3.18. The molecule has 0 aromatic carbocycles. The van der Waals surface area contributed by atoms with Gasteiger partial charge in [-0.3, -0.25) is 10.1 Å². The first-order chi connectivity index (χ1) is 7.21. The van der Waals surface area contributed by atoms with E-state index in [1.54, 1.807) is 0 Å². The Hall–Kier alpha value is -1.86. The molecule has 1 N–H and O–H groups in total. The number of nitro groups is 1. The summed E-state index contributed by atoms with van der Waals surface area (Å²) >= 11 is 0. The Morgan fingerprint density at radius 1 is 1.56 bits per heavy atom. The average molecular weight is 237 g/mol. The van der Waals surface area contributed by atoms with E-state index in [0.717, 1.165) is 0 Å². The molecule has 8 heteroatoms. The monoisotopic (exact) mass is 237 g/mol. The molecule has 0 radical (unpaired) electrons. The van der Waals surface area contributed by atoms with Crippen molar-refractivity contribution >= 4 is 5.97 Å². The number of nitrogens with zero attached hydrogens (tertiary/aromatic N) is 1. The number of carbonyl (C=O) groups is 1. The molecule has 0 heterocycles. The minimum Gasteiger partial charge on any atom is -0.478 e. The van der Waals surface area contributed by atoms with Crippen molar-refractivity contribution in [2.24, 2.45) is 0 Å². The Bertz CT molecular complexity index is 399. The molecule has 1 rings (SSSR count). The van der Waals surface area contributed by atoms with Gasteiger partial charge in [-0.2, -0.15) is 13.2 Å². The summed E-state index contributed by atoms with van der Waals surface area (Å²) in [7, 11) is 0. The molecule has 0 aromatic rings. The van der Waals surface area contributed by atoms with Gasteiger partial charge in [0.15, 0.2) is 0 Å². The van der Waals surface area contributed by atoms with Crippen LogP contribution >= 0.6 is 0 Å². The number of carboxylic acid groups (broad SMARTS) is 1. The third kappa shape index (κ3) is 1.77. The maximum Gasteiger partial charge on any atom is 0.465 e. The Morgan fingerprint density at radius 2 is 2.12 bits per heavy atom. The predicted molar refractivity (Wildman–Crippen MR) is 45.3 cm³/mol. The highest BCUT2D eigenvalue weighted by molar-refractivity contribution is 5.90. The molecule has 1 atom stereocenters. The Balaban J connectivity index is 3.12. The van der Waals surface area contributed by atoms with E-state index >= 15 is 0 Å². The quantitative estimate of drug-likeness (QED) is 0.583. The van der Waals surface area contributed by atoms with E-state index in [1.807, 2.05) is 0 Å². The smallest absolute Gasteiger partial charge is 0.465 e. The zero-order valence-corrected chi connectivity index (χ0v) is 7.69. The first-order valence-electron chi connectivity index (χ1n) is 4.04. The van der Waals surface area contributed by atoms with Crippen molar-refractivity contribution in [3.8, 4) is 0 Å². The average Bonchev–Trinajstić information content (AvgIpc) is 2.15. The van der Waals surface area contributed by atoms with Crippen LogP contribution in [-0.4, -0.2) is 27.7 Å². The Morgan fingerprint density at radius 3 is 2.38 bits per heavy atom. The summed E-state index contributed by atoms with van der Waals surface area (Å²) in [5.74, 6) is -1.42. The lowest BCUT2D eigenvalue weighted by Crippen LogP contribution is -2.50. The van der Waals surface area contributed by atoms with E-state index in [0.29, 0.717) is 12.2 Å². The maximum absolute atomic E-state index is 12.5. The summed E-state index contributed by atoms with van der Waals surface area (Å²) in [5, 5.41) is 18.9. The molecule has 0 aliphatic heterocycles. The SMILES string of the molecule is O=C(O)C1=CCC([N+](=O)[O-])(C(F)(F)F)C=C1. The van der Waals surface area contributed by atoms with Crippen LogP contribution in [0.1, 0.15) is 6.42 Å². The second kappa shape index (κ2) is 3.62. The molecule has 0 saturated heterocycles. The Labute approximate surface area is 87.0 Å². The van der Waals surface area contributed by atoms with Crippen LogP contribution in [0.15, 0.2) is 23.8 Å². The molecular weight excluding hydrogens is 231 g/mol. The fourth-order valence-corrected chi connectivity index (χ4v) is 1.24. The maximum atomic E-state index is 12.5. The highest BCUT2D eigenvalue weighted by Crippen LogP contribution is 2.39. The minimum absolute atomic E-state index is 0.274.